The van der Waals surface area contributed by atoms with Crippen LogP contribution in [0.3, 0.4) is 0 Å². The number of ether oxygens (including phenoxy) is 3. The monoisotopic (exact) mass is 1010 g/mol. The number of rotatable bonds is 59. The van der Waals surface area contributed by atoms with Crippen LogP contribution >= 0.6 is 0 Å². The number of hydrogen-bond acceptors (Lipinski definition) is 6. The molecule has 0 fully saturated rings. The van der Waals surface area contributed by atoms with Crippen molar-refractivity contribution >= 4 is 17.9 Å². The lowest BCUT2D eigenvalue weighted by molar-refractivity contribution is -0.167. The molecule has 72 heavy (non-hydrogen) atoms. The van der Waals surface area contributed by atoms with Gasteiger partial charge in [-0.2, -0.15) is 0 Å². The highest BCUT2D eigenvalue weighted by Gasteiger charge is 2.19. The second-order valence-corrected chi connectivity index (χ2v) is 21.7. The first-order chi connectivity index (χ1) is 35.5. The van der Waals surface area contributed by atoms with Crippen LogP contribution in [0.15, 0.2) is 36.5 Å². The molecule has 0 aliphatic rings. The van der Waals surface area contributed by atoms with Crippen molar-refractivity contribution in [2.24, 2.45) is 0 Å². The standard InChI is InChI=1S/C66H122O6/c1-4-7-10-13-16-19-22-25-28-31-32-33-34-36-38-41-44-47-50-53-56-59-65(68)71-62-63(61-70-64(67)58-55-52-49-46-43-40-37-30-27-24-21-18-15-12-9-6-3)72-66(69)60-57-54-51-48-45-42-39-35-29-26-23-20-17-14-11-8-5-2/h22,25-26,29,31-32,63H,4-21,23-24,27-28,30,33-62H2,1-3H3/b25-22-,29-26-,32-31-. The zero-order valence-electron chi connectivity index (χ0n) is 48.5. The minimum atomic E-state index is -0.774. The van der Waals surface area contributed by atoms with Crippen molar-refractivity contribution in [1.29, 1.82) is 0 Å². The van der Waals surface area contributed by atoms with Crippen molar-refractivity contribution in [3.05, 3.63) is 36.5 Å². The predicted octanol–water partition coefficient (Wildman–Crippen LogP) is 21.6. The summed E-state index contributed by atoms with van der Waals surface area (Å²) in [5.41, 5.74) is 0. The van der Waals surface area contributed by atoms with Gasteiger partial charge in [-0.15, -0.1) is 0 Å². The summed E-state index contributed by atoms with van der Waals surface area (Å²) < 4.78 is 16.9. The van der Waals surface area contributed by atoms with E-state index in [0.29, 0.717) is 19.3 Å². The molecule has 0 heterocycles. The molecule has 0 spiro atoms. The van der Waals surface area contributed by atoms with E-state index < -0.39 is 6.10 Å². The molecule has 0 aromatic rings. The van der Waals surface area contributed by atoms with Gasteiger partial charge in [-0.1, -0.05) is 288 Å². The van der Waals surface area contributed by atoms with E-state index in [4.69, 9.17) is 14.2 Å². The first kappa shape index (κ1) is 69.6. The van der Waals surface area contributed by atoms with E-state index >= 15 is 0 Å². The topological polar surface area (TPSA) is 78.9 Å². The van der Waals surface area contributed by atoms with Gasteiger partial charge in [-0.05, 0) is 77.0 Å². The summed E-state index contributed by atoms with van der Waals surface area (Å²) in [6, 6.07) is 0. The molecule has 0 aliphatic heterocycles. The van der Waals surface area contributed by atoms with Crippen LogP contribution in [0.1, 0.15) is 348 Å². The molecule has 0 aromatic carbocycles. The molecule has 0 amide bonds. The molecular formula is C66H122O6. The number of carbonyl (C=O) groups is 3. The lowest BCUT2D eigenvalue weighted by atomic mass is 10.0. The number of hydrogen-bond donors (Lipinski definition) is 0. The molecule has 6 heteroatoms. The minimum absolute atomic E-state index is 0.0708. The molecular weight excluding hydrogens is 889 g/mol. The van der Waals surface area contributed by atoms with Crippen LogP contribution in [0, 0.1) is 0 Å². The van der Waals surface area contributed by atoms with Gasteiger partial charge in [0.05, 0.1) is 0 Å². The maximum Gasteiger partial charge on any atom is 0.306 e. The average molecular weight is 1010 g/mol. The van der Waals surface area contributed by atoms with E-state index in [2.05, 4.69) is 57.2 Å². The van der Waals surface area contributed by atoms with Crippen LogP contribution in [0.2, 0.25) is 0 Å². The molecule has 6 nitrogen and oxygen atoms in total. The fraction of sp³-hybridized carbons (Fsp3) is 0.864. The summed E-state index contributed by atoms with van der Waals surface area (Å²) in [4.78, 5) is 38.3. The first-order valence-corrected chi connectivity index (χ1v) is 32.0. The highest BCUT2D eigenvalue weighted by Crippen LogP contribution is 2.17. The number of unbranched alkanes of at least 4 members (excludes halogenated alkanes) is 42. The normalized spacial score (nSPS) is 12.2. The molecule has 0 bridgehead atoms. The van der Waals surface area contributed by atoms with Gasteiger partial charge in [-0.25, -0.2) is 0 Å². The van der Waals surface area contributed by atoms with Crippen molar-refractivity contribution in [1.82, 2.24) is 0 Å². The van der Waals surface area contributed by atoms with Gasteiger partial charge in [0.1, 0.15) is 13.2 Å². The molecule has 0 saturated carbocycles. The fourth-order valence-electron chi connectivity index (χ4n) is 9.53. The first-order valence-electron chi connectivity index (χ1n) is 32.0. The van der Waals surface area contributed by atoms with E-state index in [1.165, 1.54) is 244 Å². The summed E-state index contributed by atoms with van der Waals surface area (Å²) in [5.74, 6) is -0.856. The summed E-state index contributed by atoms with van der Waals surface area (Å²) in [6.45, 7) is 6.68. The Kier molecular flexibility index (Phi) is 59.2. The van der Waals surface area contributed by atoms with Crippen LogP contribution in [-0.2, 0) is 28.6 Å². The summed E-state index contributed by atoms with van der Waals surface area (Å²) in [5, 5.41) is 0. The van der Waals surface area contributed by atoms with Crippen molar-refractivity contribution < 1.29 is 28.6 Å². The van der Waals surface area contributed by atoms with Crippen LogP contribution in [0.5, 0.6) is 0 Å². The quantitative estimate of drug-likeness (QED) is 0.0261. The second-order valence-electron chi connectivity index (χ2n) is 21.7. The largest absolute Gasteiger partial charge is 0.462 e. The van der Waals surface area contributed by atoms with Crippen molar-refractivity contribution in [2.75, 3.05) is 13.2 Å². The molecule has 0 aliphatic carbocycles. The highest BCUT2D eigenvalue weighted by molar-refractivity contribution is 5.71. The van der Waals surface area contributed by atoms with E-state index in [-0.39, 0.29) is 31.1 Å². The number of carbonyl (C=O) groups excluding carboxylic acids is 3. The van der Waals surface area contributed by atoms with Crippen LogP contribution in [-0.4, -0.2) is 37.2 Å². The average Bonchev–Trinajstić information content (AvgIpc) is 3.38. The van der Waals surface area contributed by atoms with Crippen molar-refractivity contribution in [2.45, 2.75) is 354 Å². The summed E-state index contributed by atoms with van der Waals surface area (Å²) in [7, 11) is 0. The van der Waals surface area contributed by atoms with E-state index in [9.17, 15) is 14.4 Å². The van der Waals surface area contributed by atoms with Gasteiger partial charge in [0.15, 0.2) is 6.10 Å². The Hall–Kier alpha value is -2.37. The van der Waals surface area contributed by atoms with Crippen molar-refractivity contribution in [3.8, 4) is 0 Å². The van der Waals surface area contributed by atoms with Crippen LogP contribution < -0.4 is 0 Å². The molecule has 0 saturated heterocycles. The third kappa shape index (κ3) is 58.5. The van der Waals surface area contributed by atoms with Gasteiger partial charge < -0.3 is 14.2 Å². The molecule has 0 rings (SSSR count). The Morgan fingerprint density at radius 3 is 0.778 bits per heavy atom. The van der Waals surface area contributed by atoms with Crippen molar-refractivity contribution in [3.63, 3.8) is 0 Å². The molecule has 1 atom stereocenters. The third-order valence-electron chi connectivity index (χ3n) is 14.4. The van der Waals surface area contributed by atoms with Gasteiger partial charge in [0.2, 0.25) is 0 Å². The highest BCUT2D eigenvalue weighted by atomic mass is 16.6. The minimum Gasteiger partial charge on any atom is -0.462 e. The molecule has 422 valence electrons. The lowest BCUT2D eigenvalue weighted by Crippen LogP contribution is -2.30. The SMILES string of the molecule is CCCCCCC/C=C\C/C=C\CCCCCCCCCCCC(=O)OCC(COC(=O)CCCCCCCCCCCCCCCCCC)OC(=O)CCCCCCCCC/C=C\CCCCCCCC. The Balaban J connectivity index is 4.33. The van der Waals surface area contributed by atoms with Gasteiger partial charge >= 0.3 is 17.9 Å². The van der Waals surface area contributed by atoms with Crippen LogP contribution in [0.25, 0.3) is 0 Å². The zero-order valence-corrected chi connectivity index (χ0v) is 48.5. The third-order valence-corrected chi connectivity index (χ3v) is 14.4. The molecule has 0 aromatic heterocycles. The predicted molar refractivity (Wildman–Crippen MR) is 312 cm³/mol. The van der Waals surface area contributed by atoms with Gasteiger partial charge in [-0.3, -0.25) is 14.4 Å². The molecule has 0 N–H and O–H groups in total. The van der Waals surface area contributed by atoms with Crippen LogP contribution in [0.4, 0.5) is 0 Å². The Morgan fingerprint density at radius 2 is 0.500 bits per heavy atom. The fourth-order valence-corrected chi connectivity index (χ4v) is 9.53. The summed E-state index contributed by atoms with van der Waals surface area (Å²) in [6.07, 6.45) is 74.3. The Morgan fingerprint density at radius 1 is 0.278 bits per heavy atom. The zero-order chi connectivity index (χ0) is 52.2. The summed E-state index contributed by atoms with van der Waals surface area (Å²) >= 11 is 0. The second kappa shape index (κ2) is 61.2. The van der Waals surface area contributed by atoms with Gasteiger partial charge in [0, 0.05) is 19.3 Å². The Labute approximate surface area is 448 Å². The lowest BCUT2D eigenvalue weighted by Gasteiger charge is -2.18. The molecule has 0 radical (unpaired) electrons. The smallest absolute Gasteiger partial charge is 0.306 e. The van der Waals surface area contributed by atoms with Gasteiger partial charge in [0.25, 0.3) is 0 Å². The number of esters is 3. The maximum atomic E-state index is 12.9. The Bertz CT molecular complexity index is 1210. The number of allylic oxidation sites excluding steroid dienone is 6. The van der Waals surface area contributed by atoms with E-state index in [1.54, 1.807) is 0 Å². The maximum absolute atomic E-state index is 12.9. The van der Waals surface area contributed by atoms with E-state index in [1.807, 2.05) is 0 Å². The molecule has 1 unspecified atom stereocenters. The van der Waals surface area contributed by atoms with E-state index in [0.717, 1.165) is 64.2 Å².